The number of carbonyl (C=O) groups excluding carboxylic acids is 1. The summed E-state index contributed by atoms with van der Waals surface area (Å²) in [6.07, 6.45) is 9.35. The number of hydrogen-bond acceptors (Lipinski definition) is 5. The van der Waals surface area contributed by atoms with Crippen LogP contribution in [0.25, 0.3) is 0 Å². The second kappa shape index (κ2) is 8.92. The first-order valence-electron chi connectivity index (χ1n) is 15.7. The van der Waals surface area contributed by atoms with Crippen molar-refractivity contribution in [1.29, 1.82) is 0 Å². The number of fused-ring (bicyclic) bond motifs is 1. The van der Waals surface area contributed by atoms with Crippen molar-refractivity contribution in [3.8, 4) is 0 Å². The Balaban J connectivity index is 1.46. The molecule has 0 saturated heterocycles. The summed E-state index contributed by atoms with van der Waals surface area (Å²) in [4.78, 5) is 14.4. The summed E-state index contributed by atoms with van der Waals surface area (Å²) in [5, 5.41) is 0. The summed E-state index contributed by atoms with van der Waals surface area (Å²) in [6.45, 7) is 23.4. The summed E-state index contributed by atoms with van der Waals surface area (Å²) in [5.74, 6) is 1.15. The van der Waals surface area contributed by atoms with Crippen LogP contribution in [0.4, 0.5) is 0 Å². The molecule has 0 aromatic carbocycles. The zero-order valence-corrected chi connectivity index (χ0v) is 26.1. The first-order valence-corrected chi connectivity index (χ1v) is 15.7. The van der Waals surface area contributed by atoms with Gasteiger partial charge in [-0.1, -0.05) is 34.6 Å². The lowest BCUT2D eigenvalue weighted by Crippen LogP contribution is -2.78. The molecule has 9 atom stereocenters. The van der Waals surface area contributed by atoms with Gasteiger partial charge < -0.3 is 18.9 Å². The molecule has 0 heterocycles. The lowest BCUT2D eigenvalue weighted by atomic mass is 9.29. The van der Waals surface area contributed by atoms with Crippen molar-refractivity contribution >= 4 is 5.97 Å². The van der Waals surface area contributed by atoms with Crippen LogP contribution in [0.5, 0.6) is 0 Å². The largest absolute Gasteiger partial charge is 0.458 e. The molecular weight excluding hydrogens is 476 g/mol. The van der Waals surface area contributed by atoms with E-state index in [1.165, 1.54) is 6.42 Å². The maximum Gasteiger partial charge on any atom is 0.312 e. The molecule has 5 rings (SSSR count). The maximum atomic E-state index is 14.4. The Morgan fingerprint density at radius 2 is 1.61 bits per heavy atom. The fraction of sp³-hybridized carbons (Fsp3) is 0.970. The van der Waals surface area contributed by atoms with Gasteiger partial charge in [-0.2, -0.15) is 0 Å². The Hall–Kier alpha value is -0.650. The molecule has 2 bridgehead atoms. The Labute approximate surface area is 232 Å². The van der Waals surface area contributed by atoms with Crippen LogP contribution < -0.4 is 0 Å². The number of ether oxygens (including phenoxy) is 4. The molecule has 218 valence electrons. The highest BCUT2D eigenvalue weighted by atomic mass is 16.7. The third kappa shape index (κ3) is 3.98. The van der Waals surface area contributed by atoms with Crippen LogP contribution in [-0.2, 0) is 23.7 Å². The van der Waals surface area contributed by atoms with Crippen molar-refractivity contribution in [2.45, 2.75) is 151 Å². The van der Waals surface area contributed by atoms with E-state index in [2.05, 4.69) is 55.4 Å². The molecule has 0 N–H and O–H groups in total. The Morgan fingerprint density at radius 1 is 0.947 bits per heavy atom. The molecule has 0 radical (unpaired) electrons. The highest BCUT2D eigenvalue weighted by Gasteiger charge is 2.92. The topological polar surface area (TPSA) is 54.0 Å². The van der Waals surface area contributed by atoms with Gasteiger partial charge >= 0.3 is 5.97 Å². The predicted octanol–water partition coefficient (Wildman–Crippen LogP) is 7.69. The zero-order valence-electron chi connectivity index (χ0n) is 26.1. The normalized spacial score (nSPS) is 41.8. The first kappa shape index (κ1) is 28.9. The average Bonchev–Trinajstić information content (AvgIpc) is 3.42. The van der Waals surface area contributed by atoms with Crippen molar-refractivity contribution in [3.05, 3.63) is 0 Å². The van der Waals surface area contributed by atoms with Gasteiger partial charge in [-0.15, -0.1) is 0 Å². The fourth-order valence-corrected chi connectivity index (χ4v) is 10.5. The van der Waals surface area contributed by atoms with Crippen LogP contribution in [0.2, 0.25) is 0 Å². The van der Waals surface area contributed by atoms with Crippen LogP contribution in [-0.4, -0.2) is 42.8 Å². The minimum Gasteiger partial charge on any atom is -0.458 e. The van der Waals surface area contributed by atoms with Gasteiger partial charge in [0.05, 0.1) is 17.1 Å². The summed E-state index contributed by atoms with van der Waals surface area (Å²) >= 11 is 0. The molecule has 1 spiro atoms. The summed E-state index contributed by atoms with van der Waals surface area (Å²) in [5.41, 5.74) is -0.797. The van der Waals surface area contributed by atoms with Crippen molar-refractivity contribution in [3.63, 3.8) is 0 Å². The molecule has 0 amide bonds. The second-order valence-electron chi connectivity index (χ2n) is 16.1. The molecule has 5 aliphatic carbocycles. The highest BCUT2D eigenvalue weighted by Crippen LogP contribution is 2.91. The lowest BCUT2D eigenvalue weighted by molar-refractivity contribution is -0.347. The molecule has 0 aromatic rings. The third-order valence-electron chi connectivity index (χ3n) is 12.3. The van der Waals surface area contributed by atoms with E-state index in [1.54, 1.807) is 0 Å². The highest BCUT2D eigenvalue weighted by molar-refractivity contribution is 5.79. The number of carbonyl (C=O) groups is 1. The predicted molar refractivity (Wildman–Crippen MR) is 150 cm³/mol. The number of hydrogen-bond donors (Lipinski definition) is 0. The second-order valence-corrected chi connectivity index (χ2v) is 16.1. The van der Waals surface area contributed by atoms with Crippen molar-refractivity contribution in [2.75, 3.05) is 13.2 Å². The molecule has 5 nitrogen and oxygen atoms in total. The Bertz CT molecular complexity index is 936. The average molecular weight is 533 g/mol. The lowest BCUT2D eigenvalue weighted by Gasteiger charge is -2.77. The van der Waals surface area contributed by atoms with Gasteiger partial charge in [0.15, 0.2) is 6.29 Å². The van der Waals surface area contributed by atoms with Crippen molar-refractivity contribution in [2.24, 2.45) is 38.9 Å². The monoisotopic (exact) mass is 532 g/mol. The molecule has 5 aliphatic rings. The van der Waals surface area contributed by atoms with Crippen LogP contribution >= 0.6 is 0 Å². The van der Waals surface area contributed by atoms with Gasteiger partial charge in [-0.3, -0.25) is 4.79 Å². The van der Waals surface area contributed by atoms with E-state index in [0.29, 0.717) is 18.4 Å². The smallest absolute Gasteiger partial charge is 0.312 e. The van der Waals surface area contributed by atoms with E-state index in [-0.39, 0.29) is 45.6 Å². The third-order valence-corrected chi connectivity index (χ3v) is 12.3. The van der Waals surface area contributed by atoms with E-state index >= 15 is 0 Å². The van der Waals surface area contributed by atoms with Crippen molar-refractivity contribution in [1.82, 2.24) is 0 Å². The van der Waals surface area contributed by atoms with Gasteiger partial charge in [0.2, 0.25) is 0 Å². The minimum absolute atomic E-state index is 0.0439. The van der Waals surface area contributed by atoms with E-state index in [1.807, 2.05) is 13.8 Å². The molecule has 9 unspecified atom stereocenters. The van der Waals surface area contributed by atoms with Crippen LogP contribution in [0.15, 0.2) is 0 Å². The van der Waals surface area contributed by atoms with E-state index in [4.69, 9.17) is 18.9 Å². The SMILES string of the molecule is CCOC(C)OC12CC3(CC(C)C(C)OCC)CC4CC(OC(=O)C(C)(CC(C)(C)C)C5(C)CC5)(C1)C43C2. The maximum absolute atomic E-state index is 14.4. The Kier molecular flexibility index (Phi) is 6.78. The van der Waals surface area contributed by atoms with E-state index in [9.17, 15) is 4.79 Å². The zero-order chi connectivity index (χ0) is 28.0. The molecular formula is C33H56O5. The summed E-state index contributed by atoms with van der Waals surface area (Å²) < 4.78 is 25.8. The minimum atomic E-state index is -0.459. The van der Waals surface area contributed by atoms with Gasteiger partial charge in [-0.25, -0.2) is 0 Å². The van der Waals surface area contributed by atoms with E-state index in [0.717, 1.165) is 58.0 Å². The quantitative estimate of drug-likeness (QED) is 0.180. The molecule has 5 saturated carbocycles. The molecule has 5 fully saturated rings. The van der Waals surface area contributed by atoms with Gasteiger partial charge in [0.25, 0.3) is 0 Å². The standard InChI is InChI=1S/C33H56O5/c1-11-35-23(4)22(3)15-30-16-25-17-32(20-31(19-30,21-33(25,30)32)37-24(5)36-12-2)38-26(34)29(10,18-27(6,7)8)28(9)13-14-28/h22-25H,11-21H2,1-10H3. The summed E-state index contributed by atoms with van der Waals surface area (Å²) in [6, 6.07) is 0. The van der Waals surface area contributed by atoms with Gasteiger partial charge in [0, 0.05) is 25.0 Å². The number of esters is 1. The van der Waals surface area contributed by atoms with Gasteiger partial charge in [-0.05, 0) is 114 Å². The fourth-order valence-electron chi connectivity index (χ4n) is 10.5. The van der Waals surface area contributed by atoms with Crippen LogP contribution in [0.1, 0.15) is 127 Å². The van der Waals surface area contributed by atoms with Crippen LogP contribution in [0, 0.1) is 38.9 Å². The van der Waals surface area contributed by atoms with E-state index < -0.39 is 11.0 Å². The number of rotatable bonds is 13. The summed E-state index contributed by atoms with van der Waals surface area (Å²) in [7, 11) is 0. The van der Waals surface area contributed by atoms with Crippen LogP contribution in [0.3, 0.4) is 0 Å². The van der Waals surface area contributed by atoms with Crippen molar-refractivity contribution < 1.29 is 23.7 Å². The van der Waals surface area contributed by atoms with Gasteiger partial charge in [0.1, 0.15) is 5.60 Å². The Morgan fingerprint density at radius 3 is 2.16 bits per heavy atom. The molecule has 0 aromatic heterocycles. The molecule has 5 heteroatoms. The molecule has 0 aliphatic heterocycles. The first-order chi connectivity index (χ1) is 17.5. The molecule has 38 heavy (non-hydrogen) atoms.